The van der Waals surface area contributed by atoms with E-state index in [2.05, 4.69) is 27.8 Å². The summed E-state index contributed by atoms with van der Waals surface area (Å²) in [6, 6.07) is 4.86. The van der Waals surface area contributed by atoms with Gasteiger partial charge in [0.1, 0.15) is 23.2 Å². The number of hydrogen-bond acceptors (Lipinski definition) is 2. The van der Waals surface area contributed by atoms with Gasteiger partial charge in [0, 0.05) is 22.5 Å². The summed E-state index contributed by atoms with van der Waals surface area (Å²) < 4.78 is 16.9. The first kappa shape index (κ1) is 13.6. The highest BCUT2D eigenvalue weighted by atomic mass is 79.9. The summed E-state index contributed by atoms with van der Waals surface area (Å²) in [4.78, 5) is 4.64. The fourth-order valence-electron chi connectivity index (χ4n) is 2.47. The number of nitrogen functional groups attached to an aromatic ring is 1. The third-order valence-corrected chi connectivity index (χ3v) is 4.10. The van der Waals surface area contributed by atoms with Crippen molar-refractivity contribution < 1.29 is 4.39 Å². The molecule has 1 aliphatic carbocycles. The zero-order valence-electron chi connectivity index (χ0n) is 11.4. The Labute approximate surface area is 126 Å². The van der Waals surface area contributed by atoms with Crippen LogP contribution in [-0.2, 0) is 6.54 Å². The quantitative estimate of drug-likeness (QED) is 0.902. The molecule has 20 heavy (non-hydrogen) atoms. The second-order valence-electron chi connectivity index (χ2n) is 5.25. The molecule has 0 radical (unpaired) electrons. The number of nitrogens with two attached hydrogens (primary N) is 1. The van der Waals surface area contributed by atoms with Gasteiger partial charge in [0.2, 0.25) is 0 Å². The Bertz CT molecular complexity index is 647. The summed E-state index contributed by atoms with van der Waals surface area (Å²) in [6.45, 7) is 2.94. The lowest BCUT2D eigenvalue weighted by atomic mass is 10.1. The fourth-order valence-corrected chi connectivity index (χ4v) is 2.83. The topological polar surface area (TPSA) is 43.8 Å². The van der Waals surface area contributed by atoms with E-state index in [-0.39, 0.29) is 5.82 Å². The van der Waals surface area contributed by atoms with Crippen LogP contribution in [0.4, 0.5) is 10.2 Å². The Morgan fingerprint density at radius 3 is 2.85 bits per heavy atom. The standard InChI is InChI=1S/C15H17BrFN3/c1-2-7-20-14(18)13(19-15(20)9-3-4-9)11-8-10(16)5-6-12(11)17/h5-6,8-9H,2-4,7,18H2,1H3. The van der Waals surface area contributed by atoms with Crippen molar-refractivity contribution in [3.63, 3.8) is 0 Å². The molecule has 106 valence electrons. The molecule has 0 atom stereocenters. The highest BCUT2D eigenvalue weighted by Gasteiger charge is 2.31. The van der Waals surface area contributed by atoms with Gasteiger partial charge in [-0.1, -0.05) is 22.9 Å². The lowest BCUT2D eigenvalue weighted by molar-refractivity contribution is 0.630. The third kappa shape index (κ3) is 2.35. The molecule has 2 aromatic rings. The number of halogens is 2. The Hall–Kier alpha value is -1.36. The Morgan fingerprint density at radius 1 is 1.45 bits per heavy atom. The molecule has 0 aliphatic heterocycles. The minimum atomic E-state index is -0.289. The van der Waals surface area contributed by atoms with Crippen molar-refractivity contribution >= 4 is 21.7 Å². The first-order chi connectivity index (χ1) is 9.61. The summed E-state index contributed by atoms with van der Waals surface area (Å²) in [7, 11) is 0. The summed E-state index contributed by atoms with van der Waals surface area (Å²) in [5, 5.41) is 0. The van der Waals surface area contributed by atoms with Gasteiger partial charge in [-0.05, 0) is 37.5 Å². The number of nitrogens with zero attached hydrogens (tertiary/aromatic N) is 2. The minimum Gasteiger partial charge on any atom is -0.383 e. The van der Waals surface area contributed by atoms with Crippen molar-refractivity contribution in [2.75, 3.05) is 5.73 Å². The van der Waals surface area contributed by atoms with Gasteiger partial charge in [-0.2, -0.15) is 0 Å². The molecule has 0 spiro atoms. The monoisotopic (exact) mass is 337 g/mol. The van der Waals surface area contributed by atoms with Crippen LogP contribution in [-0.4, -0.2) is 9.55 Å². The Balaban J connectivity index is 2.13. The van der Waals surface area contributed by atoms with Gasteiger partial charge in [-0.3, -0.25) is 0 Å². The molecule has 0 bridgehead atoms. The maximum absolute atomic E-state index is 14.1. The van der Waals surface area contributed by atoms with Crippen LogP contribution in [0.5, 0.6) is 0 Å². The molecule has 1 heterocycles. The van der Waals surface area contributed by atoms with Gasteiger partial charge in [0.05, 0.1) is 0 Å². The molecule has 1 aromatic heterocycles. The van der Waals surface area contributed by atoms with Crippen molar-refractivity contribution in [1.82, 2.24) is 9.55 Å². The average molecular weight is 338 g/mol. The number of benzene rings is 1. The van der Waals surface area contributed by atoms with E-state index >= 15 is 0 Å². The SMILES string of the molecule is CCCn1c(C2CC2)nc(-c2cc(Br)ccc2F)c1N. The van der Waals surface area contributed by atoms with E-state index in [1.54, 1.807) is 12.1 Å². The van der Waals surface area contributed by atoms with Crippen molar-refractivity contribution in [3.05, 3.63) is 34.3 Å². The first-order valence-electron chi connectivity index (χ1n) is 6.93. The van der Waals surface area contributed by atoms with Gasteiger partial charge in [0.25, 0.3) is 0 Å². The van der Waals surface area contributed by atoms with Crippen LogP contribution >= 0.6 is 15.9 Å². The van der Waals surface area contributed by atoms with Crippen LogP contribution in [0, 0.1) is 5.82 Å². The fraction of sp³-hybridized carbons (Fsp3) is 0.400. The number of aromatic nitrogens is 2. The molecule has 5 heteroatoms. The maximum Gasteiger partial charge on any atom is 0.132 e. The molecule has 1 aliphatic rings. The second-order valence-corrected chi connectivity index (χ2v) is 6.17. The zero-order chi connectivity index (χ0) is 14.3. The first-order valence-corrected chi connectivity index (χ1v) is 7.72. The van der Waals surface area contributed by atoms with Crippen molar-refractivity contribution in [2.24, 2.45) is 0 Å². The molecule has 0 amide bonds. The number of rotatable bonds is 4. The largest absolute Gasteiger partial charge is 0.383 e. The predicted octanol–water partition coefficient (Wildman–Crippen LogP) is 4.32. The Kier molecular flexibility index (Phi) is 3.54. The molecule has 1 aromatic carbocycles. The molecule has 1 saturated carbocycles. The van der Waals surface area contributed by atoms with Crippen LogP contribution in [0.2, 0.25) is 0 Å². The van der Waals surface area contributed by atoms with Gasteiger partial charge in [-0.25, -0.2) is 9.37 Å². The average Bonchev–Trinajstić information content (AvgIpc) is 3.21. The van der Waals surface area contributed by atoms with E-state index in [0.717, 1.165) is 36.1 Å². The smallest absolute Gasteiger partial charge is 0.132 e. The van der Waals surface area contributed by atoms with E-state index in [4.69, 9.17) is 5.73 Å². The van der Waals surface area contributed by atoms with Crippen molar-refractivity contribution in [1.29, 1.82) is 0 Å². The van der Waals surface area contributed by atoms with Crippen LogP contribution in [0.3, 0.4) is 0 Å². The van der Waals surface area contributed by atoms with Crippen molar-refractivity contribution in [2.45, 2.75) is 38.6 Å². The van der Waals surface area contributed by atoms with Gasteiger partial charge in [0.15, 0.2) is 0 Å². The van der Waals surface area contributed by atoms with Crippen LogP contribution in [0.1, 0.15) is 37.9 Å². The van der Waals surface area contributed by atoms with E-state index in [1.165, 1.54) is 6.07 Å². The molecule has 3 nitrogen and oxygen atoms in total. The number of hydrogen-bond donors (Lipinski definition) is 1. The molecule has 2 N–H and O–H groups in total. The van der Waals surface area contributed by atoms with Crippen LogP contribution in [0.25, 0.3) is 11.3 Å². The van der Waals surface area contributed by atoms with E-state index in [1.807, 2.05) is 4.57 Å². The summed E-state index contributed by atoms with van der Waals surface area (Å²) >= 11 is 3.37. The summed E-state index contributed by atoms with van der Waals surface area (Å²) in [5.74, 6) is 1.79. The number of anilines is 1. The Morgan fingerprint density at radius 2 is 2.20 bits per heavy atom. The van der Waals surface area contributed by atoms with Crippen molar-refractivity contribution in [3.8, 4) is 11.3 Å². The van der Waals surface area contributed by atoms with Crippen LogP contribution < -0.4 is 5.73 Å². The minimum absolute atomic E-state index is 0.289. The molecule has 0 saturated heterocycles. The molecule has 0 unspecified atom stereocenters. The van der Waals surface area contributed by atoms with Crippen LogP contribution in [0.15, 0.2) is 22.7 Å². The van der Waals surface area contributed by atoms with E-state index in [9.17, 15) is 4.39 Å². The van der Waals surface area contributed by atoms with Gasteiger partial charge < -0.3 is 10.3 Å². The predicted molar refractivity (Wildman–Crippen MR) is 82.0 cm³/mol. The van der Waals surface area contributed by atoms with E-state index in [0.29, 0.717) is 23.0 Å². The normalized spacial score (nSPS) is 14.8. The summed E-state index contributed by atoms with van der Waals surface area (Å²) in [6.07, 6.45) is 3.29. The second kappa shape index (κ2) is 5.20. The lowest BCUT2D eigenvalue weighted by Crippen LogP contribution is -2.06. The van der Waals surface area contributed by atoms with E-state index < -0.39 is 0 Å². The lowest BCUT2D eigenvalue weighted by Gasteiger charge is -2.07. The number of imidazole rings is 1. The maximum atomic E-state index is 14.1. The third-order valence-electron chi connectivity index (χ3n) is 3.61. The van der Waals surface area contributed by atoms with Gasteiger partial charge in [-0.15, -0.1) is 0 Å². The zero-order valence-corrected chi connectivity index (χ0v) is 13.0. The van der Waals surface area contributed by atoms with Gasteiger partial charge >= 0.3 is 0 Å². The molecular formula is C15H17BrFN3. The molecule has 1 fully saturated rings. The highest BCUT2D eigenvalue weighted by molar-refractivity contribution is 9.10. The molecule has 3 rings (SSSR count). The highest BCUT2D eigenvalue weighted by Crippen LogP contribution is 2.42. The molecular weight excluding hydrogens is 321 g/mol. The summed E-state index contributed by atoms with van der Waals surface area (Å²) in [5.41, 5.74) is 7.26.